The van der Waals surface area contributed by atoms with E-state index in [1.165, 1.54) is 4.90 Å². The standard InChI is InChI=1S/C19H27N3O3/c1-13(2)11-12-20-17(23)10-9-16-18(24)22(19(25)21-16)14(3)15-7-5-4-6-8-15/h4-8,13-14,16H,9-12H2,1-3H3,(H,20,23)(H,21,25)/t14-,16-/m0/s1. The second-order valence-electron chi connectivity index (χ2n) is 6.87. The van der Waals surface area contributed by atoms with Gasteiger partial charge in [-0.3, -0.25) is 14.5 Å². The van der Waals surface area contributed by atoms with Crippen LogP contribution in [0.1, 0.15) is 51.6 Å². The van der Waals surface area contributed by atoms with Crippen LogP contribution in [-0.2, 0) is 9.59 Å². The van der Waals surface area contributed by atoms with Gasteiger partial charge in [-0.1, -0.05) is 44.2 Å². The second kappa shape index (κ2) is 8.65. The third-order valence-corrected chi connectivity index (χ3v) is 4.43. The number of carbonyl (C=O) groups is 3. The number of nitrogens with zero attached hydrogens (tertiary/aromatic N) is 1. The Labute approximate surface area is 149 Å². The molecule has 136 valence electrons. The fraction of sp³-hybridized carbons (Fsp3) is 0.526. The fourth-order valence-corrected chi connectivity index (χ4v) is 2.86. The van der Waals surface area contributed by atoms with E-state index in [0.29, 0.717) is 18.9 Å². The van der Waals surface area contributed by atoms with E-state index in [4.69, 9.17) is 0 Å². The van der Waals surface area contributed by atoms with E-state index >= 15 is 0 Å². The summed E-state index contributed by atoms with van der Waals surface area (Å²) in [5.41, 5.74) is 0.901. The van der Waals surface area contributed by atoms with Crippen LogP contribution in [0.3, 0.4) is 0 Å². The van der Waals surface area contributed by atoms with Crippen LogP contribution in [0.15, 0.2) is 30.3 Å². The Kier molecular flexibility index (Phi) is 6.56. The molecule has 1 aromatic carbocycles. The van der Waals surface area contributed by atoms with Crippen LogP contribution in [0.4, 0.5) is 4.79 Å². The summed E-state index contributed by atoms with van der Waals surface area (Å²) in [6, 6.07) is 8.07. The molecule has 0 saturated carbocycles. The molecule has 1 heterocycles. The molecule has 1 fully saturated rings. The maximum absolute atomic E-state index is 12.6. The third kappa shape index (κ3) is 5.05. The van der Waals surface area contributed by atoms with Crippen LogP contribution in [0.2, 0.25) is 0 Å². The third-order valence-electron chi connectivity index (χ3n) is 4.43. The Balaban J connectivity index is 1.87. The van der Waals surface area contributed by atoms with Gasteiger partial charge in [0, 0.05) is 13.0 Å². The van der Waals surface area contributed by atoms with Gasteiger partial charge < -0.3 is 10.6 Å². The molecular weight excluding hydrogens is 318 g/mol. The van der Waals surface area contributed by atoms with Crippen molar-refractivity contribution in [1.82, 2.24) is 15.5 Å². The van der Waals surface area contributed by atoms with E-state index in [-0.39, 0.29) is 24.3 Å². The van der Waals surface area contributed by atoms with E-state index in [2.05, 4.69) is 24.5 Å². The zero-order valence-corrected chi connectivity index (χ0v) is 15.1. The maximum atomic E-state index is 12.6. The number of hydrogen-bond acceptors (Lipinski definition) is 3. The minimum absolute atomic E-state index is 0.0859. The quantitative estimate of drug-likeness (QED) is 0.711. The molecule has 6 heteroatoms. The molecule has 1 aliphatic rings. The molecule has 0 aromatic heterocycles. The summed E-state index contributed by atoms with van der Waals surface area (Å²) in [5, 5.41) is 5.54. The van der Waals surface area contributed by atoms with Gasteiger partial charge in [0.2, 0.25) is 5.91 Å². The van der Waals surface area contributed by atoms with E-state index in [9.17, 15) is 14.4 Å². The summed E-state index contributed by atoms with van der Waals surface area (Å²) in [5.74, 6) is 0.178. The Morgan fingerprint density at radius 3 is 2.52 bits per heavy atom. The van der Waals surface area contributed by atoms with Crippen LogP contribution in [0, 0.1) is 5.92 Å². The maximum Gasteiger partial charge on any atom is 0.325 e. The largest absolute Gasteiger partial charge is 0.356 e. The normalized spacial score (nSPS) is 18.4. The van der Waals surface area contributed by atoms with Gasteiger partial charge in [-0.15, -0.1) is 0 Å². The smallest absolute Gasteiger partial charge is 0.325 e. The van der Waals surface area contributed by atoms with Gasteiger partial charge in [0.1, 0.15) is 6.04 Å². The average Bonchev–Trinajstić information content (AvgIpc) is 2.86. The lowest BCUT2D eigenvalue weighted by Crippen LogP contribution is -2.34. The highest BCUT2D eigenvalue weighted by atomic mass is 16.2. The summed E-state index contributed by atoms with van der Waals surface area (Å²) < 4.78 is 0. The van der Waals surface area contributed by atoms with Crippen molar-refractivity contribution < 1.29 is 14.4 Å². The highest BCUT2D eigenvalue weighted by molar-refractivity contribution is 6.04. The molecule has 2 N–H and O–H groups in total. The van der Waals surface area contributed by atoms with E-state index in [1.54, 1.807) is 0 Å². The van der Waals surface area contributed by atoms with Crippen molar-refractivity contribution >= 4 is 17.8 Å². The molecule has 0 bridgehead atoms. The Morgan fingerprint density at radius 2 is 1.88 bits per heavy atom. The summed E-state index contributed by atoms with van der Waals surface area (Å²) in [6.45, 7) is 6.66. The lowest BCUT2D eigenvalue weighted by molar-refractivity contribution is -0.129. The molecule has 1 aliphatic heterocycles. The predicted octanol–water partition coefficient (Wildman–Crippen LogP) is 2.61. The van der Waals surface area contributed by atoms with Crippen LogP contribution in [0.25, 0.3) is 0 Å². The number of carbonyl (C=O) groups excluding carboxylic acids is 3. The van der Waals surface area contributed by atoms with Gasteiger partial charge in [0.05, 0.1) is 6.04 Å². The highest BCUT2D eigenvalue weighted by Gasteiger charge is 2.40. The van der Waals surface area contributed by atoms with Crippen molar-refractivity contribution in [1.29, 1.82) is 0 Å². The Morgan fingerprint density at radius 1 is 1.20 bits per heavy atom. The van der Waals surface area contributed by atoms with Crippen molar-refractivity contribution in [3.8, 4) is 0 Å². The number of amides is 4. The number of rotatable bonds is 8. The zero-order valence-electron chi connectivity index (χ0n) is 15.1. The first-order chi connectivity index (χ1) is 11.9. The van der Waals surface area contributed by atoms with Crippen molar-refractivity contribution in [3.05, 3.63) is 35.9 Å². The number of urea groups is 1. The van der Waals surface area contributed by atoms with Gasteiger partial charge in [-0.2, -0.15) is 0 Å². The van der Waals surface area contributed by atoms with Crippen LogP contribution in [-0.4, -0.2) is 35.3 Å². The van der Waals surface area contributed by atoms with Gasteiger partial charge in [0.25, 0.3) is 5.91 Å². The minimum atomic E-state index is -0.630. The predicted molar refractivity (Wildman–Crippen MR) is 95.7 cm³/mol. The molecule has 4 amide bonds. The van der Waals surface area contributed by atoms with Crippen molar-refractivity contribution in [2.45, 2.75) is 52.1 Å². The first kappa shape index (κ1) is 19.0. The molecule has 0 aliphatic carbocycles. The van der Waals surface area contributed by atoms with Crippen molar-refractivity contribution in [3.63, 3.8) is 0 Å². The van der Waals surface area contributed by atoms with Crippen LogP contribution < -0.4 is 10.6 Å². The Bertz CT molecular complexity index is 616. The van der Waals surface area contributed by atoms with E-state index in [0.717, 1.165) is 12.0 Å². The van der Waals surface area contributed by atoms with Gasteiger partial charge in [0.15, 0.2) is 0 Å². The molecule has 2 atom stereocenters. The number of imide groups is 1. The summed E-state index contributed by atoms with van der Waals surface area (Å²) in [4.78, 5) is 37.9. The molecule has 0 spiro atoms. The molecule has 1 saturated heterocycles. The summed E-state index contributed by atoms with van der Waals surface area (Å²) in [7, 11) is 0. The van der Waals surface area contributed by atoms with Gasteiger partial charge >= 0.3 is 6.03 Å². The molecule has 25 heavy (non-hydrogen) atoms. The first-order valence-electron chi connectivity index (χ1n) is 8.85. The Hall–Kier alpha value is -2.37. The number of nitrogens with one attached hydrogen (secondary N) is 2. The SMILES string of the molecule is CC(C)CCNC(=O)CC[C@@H]1NC(=O)N([C@@H](C)c2ccccc2)C1=O. The zero-order chi connectivity index (χ0) is 18.4. The lowest BCUT2D eigenvalue weighted by Gasteiger charge is -2.21. The van der Waals surface area contributed by atoms with Crippen LogP contribution >= 0.6 is 0 Å². The molecule has 6 nitrogen and oxygen atoms in total. The van der Waals surface area contributed by atoms with Gasteiger partial charge in [-0.05, 0) is 31.2 Å². The summed E-state index contributed by atoms with van der Waals surface area (Å²) >= 11 is 0. The second-order valence-corrected chi connectivity index (χ2v) is 6.87. The van der Waals surface area contributed by atoms with E-state index < -0.39 is 12.1 Å². The topological polar surface area (TPSA) is 78.5 Å². The fourth-order valence-electron chi connectivity index (χ4n) is 2.86. The summed E-state index contributed by atoms with van der Waals surface area (Å²) in [6.07, 6.45) is 1.46. The lowest BCUT2D eigenvalue weighted by atomic mass is 10.1. The average molecular weight is 345 g/mol. The molecule has 1 aromatic rings. The first-order valence-corrected chi connectivity index (χ1v) is 8.85. The monoisotopic (exact) mass is 345 g/mol. The molecule has 0 radical (unpaired) electrons. The molecule has 2 rings (SSSR count). The van der Waals surface area contributed by atoms with E-state index in [1.807, 2.05) is 37.3 Å². The number of benzene rings is 1. The number of hydrogen-bond donors (Lipinski definition) is 2. The van der Waals surface area contributed by atoms with Gasteiger partial charge in [-0.25, -0.2) is 4.79 Å². The molecular formula is C19H27N3O3. The minimum Gasteiger partial charge on any atom is -0.356 e. The van der Waals surface area contributed by atoms with Crippen molar-refractivity contribution in [2.75, 3.05) is 6.54 Å². The van der Waals surface area contributed by atoms with Crippen molar-refractivity contribution in [2.24, 2.45) is 5.92 Å². The highest BCUT2D eigenvalue weighted by Crippen LogP contribution is 2.25. The van der Waals surface area contributed by atoms with Crippen LogP contribution in [0.5, 0.6) is 0 Å². The molecule has 0 unspecified atom stereocenters.